The Bertz CT molecular complexity index is 445. The van der Waals surface area contributed by atoms with Crippen molar-refractivity contribution in [3.8, 4) is 0 Å². The minimum Gasteiger partial charge on any atom is -0.480 e. The van der Waals surface area contributed by atoms with Gasteiger partial charge in [0, 0.05) is 18.7 Å². The van der Waals surface area contributed by atoms with Crippen LogP contribution >= 0.6 is 0 Å². The van der Waals surface area contributed by atoms with Gasteiger partial charge in [-0.3, -0.25) is 9.59 Å². The van der Waals surface area contributed by atoms with Crippen molar-refractivity contribution in [2.24, 2.45) is 5.73 Å². The zero-order chi connectivity index (χ0) is 14.4. The van der Waals surface area contributed by atoms with E-state index in [0.717, 1.165) is 6.42 Å². The van der Waals surface area contributed by atoms with Crippen molar-refractivity contribution in [1.82, 2.24) is 20.3 Å². The minimum absolute atomic E-state index is 0.0552. The largest absolute Gasteiger partial charge is 0.480 e. The topological polar surface area (TPSA) is 123 Å². The van der Waals surface area contributed by atoms with E-state index < -0.39 is 12.0 Å². The van der Waals surface area contributed by atoms with Crippen molar-refractivity contribution < 1.29 is 14.7 Å². The molecule has 8 nitrogen and oxygen atoms in total. The molecule has 0 aromatic carbocycles. The van der Waals surface area contributed by atoms with Crippen molar-refractivity contribution in [1.29, 1.82) is 0 Å². The molecule has 1 aromatic rings. The zero-order valence-corrected chi connectivity index (χ0v) is 11.0. The van der Waals surface area contributed by atoms with Crippen molar-refractivity contribution in [2.75, 3.05) is 0 Å². The van der Waals surface area contributed by atoms with E-state index in [1.54, 1.807) is 0 Å². The number of carboxylic acid groups (broad SMARTS) is 1. The molecule has 0 aliphatic carbocycles. The number of aromatic nitrogens is 3. The Kier molecular flexibility index (Phi) is 5.43. The summed E-state index contributed by atoms with van der Waals surface area (Å²) in [5.74, 6) is -1.25. The van der Waals surface area contributed by atoms with Crippen LogP contribution in [0.1, 0.15) is 26.0 Å². The average Bonchev–Trinajstić information content (AvgIpc) is 2.75. The Morgan fingerprint density at radius 2 is 2.26 bits per heavy atom. The van der Waals surface area contributed by atoms with Gasteiger partial charge in [0.15, 0.2) is 0 Å². The van der Waals surface area contributed by atoms with Gasteiger partial charge in [0.05, 0.1) is 5.69 Å². The number of nitrogens with two attached hydrogens (primary N) is 1. The van der Waals surface area contributed by atoms with Crippen LogP contribution in [0.25, 0.3) is 0 Å². The lowest BCUT2D eigenvalue weighted by Gasteiger charge is -2.10. The highest BCUT2D eigenvalue weighted by atomic mass is 16.4. The first-order valence-electron chi connectivity index (χ1n) is 6.09. The van der Waals surface area contributed by atoms with Gasteiger partial charge in [0.25, 0.3) is 0 Å². The molecule has 0 saturated carbocycles. The first-order valence-corrected chi connectivity index (χ1v) is 6.09. The van der Waals surface area contributed by atoms with E-state index in [2.05, 4.69) is 15.6 Å². The second-order valence-corrected chi connectivity index (χ2v) is 4.43. The van der Waals surface area contributed by atoms with E-state index in [4.69, 9.17) is 10.8 Å². The van der Waals surface area contributed by atoms with Crippen LogP contribution in [-0.2, 0) is 22.6 Å². The number of carboxylic acids is 1. The van der Waals surface area contributed by atoms with Gasteiger partial charge in [0.2, 0.25) is 5.91 Å². The number of aliphatic carboxylic acids is 1. The Morgan fingerprint density at radius 3 is 2.84 bits per heavy atom. The Morgan fingerprint density at radius 1 is 1.58 bits per heavy atom. The number of nitrogens with one attached hydrogen (secondary N) is 1. The molecule has 19 heavy (non-hydrogen) atoms. The van der Waals surface area contributed by atoms with Gasteiger partial charge >= 0.3 is 5.97 Å². The van der Waals surface area contributed by atoms with Crippen molar-refractivity contribution in [3.63, 3.8) is 0 Å². The number of rotatable bonds is 7. The smallest absolute Gasteiger partial charge is 0.320 e. The standard InChI is InChI=1S/C11H19N5O3/c1-3-7(2)13-10(17)6-16-5-8(14-15-16)4-9(12)11(18)19/h5,7,9H,3-4,6,12H2,1-2H3,(H,13,17)(H,18,19). The first kappa shape index (κ1) is 15.1. The molecule has 0 saturated heterocycles. The molecule has 1 rings (SSSR count). The Balaban J connectivity index is 2.51. The predicted molar refractivity (Wildman–Crippen MR) is 67.2 cm³/mol. The SMILES string of the molecule is CCC(C)NC(=O)Cn1cc(CC(N)C(=O)O)nn1. The fourth-order valence-electron chi connectivity index (χ4n) is 1.39. The third-order valence-corrected chi connectivity index (χ3v) is 2.66. The monoisotopic (exact) mass is 269 g/mol. The summed E-state index contributed by atoms with van der Waals surface area (Å²) in [7, 11) is 0. The van der Waals surface area contributed by atoms with Gasteiger partial charge in [-0.1, -0.05) is 12.1 Å². The van der Waals surface area contributed by atoms with Gasteiger partial charge < -0.3 is 16.2 Å². The van der Waals surface area contributed by atoms with E-state index in [1.165, 1.54) is 10.9 Å². The van der Waals surface area contributed by atoms with Crippen LogP contribution in [0.5, 0.6) is 0 Å². The quantitative estimate of drug-likeness (QED) is 0.592. The van der Waals surface area contributed by atoms with E-state index in [1.807, 2.05) is 13.8 Å². The summed E-state index contributed by atoms with van der Waals surface area (Å²) in [6.45, 7) is 3.95. The van der Waals surface area contributed by atoms with Crippen molar-refractivity contribution >= 4 is 11.9 Å². The highest BCUT2D eigenvalue weighted by Crippen LogP contribution is 1.98. The molecule has 0 aliphatic heterocycles. The third-order valence-electron chi connectivity index (χ3n) is 2.66. The maximum atomic E-state index is 11.6. The van der Waals surface area contributed by atoms with Gasteiger partial charge in [-0.15, -0.1) is 5.10 Å². The molecule has 106 valence electrons. The number of hydrogen-bond donors (Lipinski definition) is 3. The summed E-state index contributed by atoms with van der Waals surface area (Å²) in [5, 5.41) is 19.0. The normalized spacial score (nSPS) is 13.8. The third kappa shape index (κ3) is 5.04. The van der Waals surface area contributed by atoms with Gasteiger partial charge in [-0.25, -0.2) is 4.68 Å². The fraction of sp³-hybridized carbons (Fsp3) is 0.636. The van der Waals surface area contributed by atoms with Crippen molar-refractivity contribution in [2.45, 2.75) is 45.3 Å². The number of hydrogen-bond acceptors (Lipinski definition) is 5. The van der Waals surface area contributed by atoms with Gasteiger partial charge in [-0.05, 0) is 13.3 Å². The molecule has 1 aromatic heterocycles. The summed E-state index contributed by atoms with van der Waals surface area (Å²) >= 11 is 0. The van der Waals surface area contributed by atoms with Crippen molar-refractivity contribution in [3.05, 3.63) is 11.9 Å². The lowest BCUT2D eigenvalue weighted by atomic mass is 10.2. The van der Waals surface area contributed by atoms with E-state index in [-0.39, 0.29) is 24.9 Å². The summed E-state index contributed by atoms with van der Waals surface area (Å²) in [5.41, 5.74) is 5.84. The molecule has 0 fully saturated rings. The van der Waals surface area contributed by atoms with Crippen LogP contribution in [-0.4, -0.2) is 44.1 Å². The van der Waals surface area contributed by atoms with Gasteiger partial charge in [0.1, 0.15) is 12.6 Å². The molecule has 0 aliphatic rings. The molecule has 1 amide bonds. The summed E-state index contributed by atoms with van der Waals surface area (Å²) in [6, 6.07) is -0.907. The number of amides is 1. The summed E-state index contributed by atoms with van der Waals surface area (Å²) in [4.78, 5) is 22.2. The molecule has 2 atom stereocenters. The number of carbonyl (C=O) groups excluding carboxylic acids is 1. The maximum Gasteiger partial charge on any atom is 0.320 e. The van der Waals surface area contributed by atoms with Crippen LogP contribution in [0.2, 0.25) is 0 Å². The predicted octanol–water partition coefficient (Wildman–Crippen LogP) is -0.853. The van der Waals surface area contributed by atoms with E-state index in [9.17, 15) is 9.59 Å². The molecule has 8 heteroatoms. The molecule has 2 unspecified atom stereocenters. The minimum atomic E-state index is -1.09. The lowest BCUT2D eigenvalue weighted by Crippen LogP contribution is -2.34. The summed E-state index contributed by atoms with van der Waals surface area (Å²) < 4.78 is 1.36. The van der Waals surface area contributed by atoms with Crippen LogP contribution in [0.15, 0.2) is 6.20 Å². The molecule has 1 heterocycles. The van der Waals surface area contributed by atoms with Crippen LogP contribution in [0, 0.1) is 0 Å². The average molecular weight is 269 g/mol. The zero-order valence-electron chi connectivity index (χ0n) is 11.0. The van der Waals surface area contributed by atoms with Crippen LogP contribution in [0.4, 0.5) is 0 Å². The van der Waals surface area contributed by atoms with E-state index in [0.29, 0.717) is 5.69 Å². The molecular formula is C11H19N5O3. The van der Waals surface area contributed by atoms with Crippen LogP contribution < -0.4 is 11.1 Å². The fourth-order valence-corrected chi connectivity index (χ4v) is 1.39. The molecule has 0 radical (unpaired) electrons. The number of nitrogens with zero attached hydrogens (tertiary/aromatic N) is 3. The Labute approximate surface area is 111 Å². The first-order chi connectivity index (χ1) is 8.92. The molecule has 4 N–H and O–H groups in total. The molecule has 0 spiro atoms. The second kappa shape index (κ2) is 6.83. The number of carbonyl (C=O) groups is 2. The summed E-state index contributed by atoms with van der Waals surface area (Å²) in [6.07, 6.45) is 2.46. The van der Waals surface area contributed by atoms with E-state index >= 15 is 0 Å². The highest BCUT2D eigenvalue weighted by molar-refractivity contribution is 5.76. The highest BCUT2D eigenvalue weighted by Gasteiger charge is 2.15. The lowest BCUT2D eigenvalue weighted by molar-refractivity contribution is -0.138. The molecule has 0 bridgehead atoms. The van der Waals surface area contributed by atoms with Gasteiger partial charge in [-0.2, -0.15) is 0 Å². The second-order valence-electron chi connectivity index (χ2n) is 4.43. The maximum absolute atomic E-state index is 11.6. The Hall–Kier alpha value is -1.96. The molecular weight excluding hydrogens is 250 g/mol. The van der Waals surface area contributed by atoms with Crippen LogP contribution in [0.3, 0.4) is 0 Å².